The van der Waals surface area contributed by atoms with Crippen LogP contribution in [0.4, 0.5) is 5.69 Å². The van der Waals surface area contributed by atoms with Crippen LogP contribution in [0.2, 0.25) is 0 Å². The molecule has 168 valence electrons. The summed E-state index contributed by atoms with van der Waals surface area (Å²) < 4.78 is 5.48. The van der Waals surface area contributed by atoms with E-state index >= 15 is 0 Å². The molecular weight excluding hydrogens is 425 g/mol. The molecule has 0 aromatic heterocycles. The monoisotopic (exact) mass is 457 g/mol. The highest BCUT2D eigenvalue weighted by atomic mass is 35.5. The first kappa shape index (κ1) is 24.8. The zero-order valence-electron chi connectivity index (χ0n) is 17.7. The molecule has 0 bridgehead atoms. The molecule has 6 nitrogen and oxygen atoms in total. The number of piperazine rings is 1. The number of imide groups is 1. The minimum atomic E-state index is -0.00890. The Balaban J connectivity index is 0.00000160. The Labute approximate surface area is 191 Å². The average molecular weight is 458 g/mol. The summed E-state index contributed by atoms with van der Waals surface area (Å²) in [5, 5.41) is 0. The molecule has 2 aliphatic heterocycles. The number of ether oxygens (including phenoxy) is 1. The molecule has 2 amide bonds. The predicted octanol–water partition coefficient (Wildman–Crippen LogP) is 3.37. The first-order valence-electron chi connectivity index (χ1n) is 10.5. The van der Waals surface area contributed by atoms with E-state index in [-0.39, 0.29) is 42.0 Å². The molecule has 4 rings (SSSR count). The predicted molar refractivity (Wildman–Crippen MR) is 123 cm³/mol. The van der Waals surface area contributed by atoms with E-state index in [0.29, 0.717) is 19.4 Å². The topological polar surface area (TPSA) is 53.1 Å². The molecule has 0 unspecified atom stereocenters. The Morgan fingerprint density at radius 3 is 2.10 bits per heavy atom. The number of likely N-dealkylation sites (tertiary alicyclic amines) is 1. The molecule has 3 aliphatic rings. The Bertz CT molecular complexity index is 712. The van der Waals surface area contributed by atoms with Crippen molar-refractivity contribution < 1.29 is 14.3 Å². The van der Waals surface area contributed by atoms with Crippen LogP contribution in [-0.2, 0) is 9.59 Å². The van der Waals surface area contributed by atoms with E-state index in [1.807, 2.05) is 18.2 Å². The van der Waals surface area contributed by atoms with Crippen molar-refractivity contribution in [2.75, 3.05) is 51.3 Å². The van der Waals surface area contributed by atoms with Gasteiger partial charge in [-0.05, 0) is 30.4 Å². The zero-order chi connectivity index (χ0) is 19.6. The molecule has 0 atom stereocenters. The number of rotatable bonds is 5. The molecule has 1 spiro atoms. The van der Waals surface area contributed by atoms with Gasteiger partial charge in [0.25, 0.3) is 0 Å². The van der Waals surface area contributed by atoms with E-state index in [4.69, 9.17) is 4.74 Å². The van der Waals surface area contributed by atoms with E-state index < -0.39 is 0 Å². The van der Waals surface area contributed by atoms with Crippen LogP contribution in [0.25, 0.3) is 0 Å². The molecule has 8 heteroatoms. The minimum Gasteiger partial charge on any atom is -0.495 e. The lowest BCUT2D eigenvalue weighted by Gasteiger charge is -2.39. The van der Waals surface area contributed by atoms with Crippen LogP contribution in [0.3, 0.4) is 0 Å². The number of carbonyl (C=O) groups is 2. The van der Waals surface area contributed by atoms with Gasteiger partial charge in [-0.1, -0.05) is 25.0 Å². The summed E-state index contributed by atoms with van der Waals surface area (Å²) in [6.07, 6.45) is 5.56. The summed E-state index contributed by atoms with van der Waals surface area (Å²) in [4.78, 5) is 31.4. The van der Waals surface area contributed by atoms with Gasteiger partial charge in [0, 0.05) is 52.1 Å². The lowest BCUT2D eigenvalue weighted by Crippen LogP contribution is -2.52. The quantitative estimate of drug-likeness (QED) is 0.634. The summed E-state index contributed by atoms with van der Waals surface area (Å²) >= 11 is 0. The largest absolute Gasteiger partial charge is 0.495 e. The van der Waals surface area contributed by atoms with E-state index in [1.54, 1.807) is 7.11 Å². The maximum atomic E-state index is 12.6. The van der Waals surface area contributed by atoms with Crippen LogP contribution in [-0.4, -0.2) is 68.0 Å². The molecule has 2 heterocycles. The van der Waals surface area contributed by atoms with E-state index in [0.717, 1.165) is 69.8 Å². The van der Waals surface area contributed by atoms with Gasteiger partial charge >= 0.3 is 0 Å². The van der Waals surface area contributed by atoms with Crippen molar-refractivity contribution in [2.24, 2.45) is 5.41 Å². The third-order valence-electron chi connectivity index (χ3n) is 6.76. The van der Waals surface area contributed by atoms with Crippen molar-refractivity contribution in [3.63, 3.8) is 0 Å². The molecule has 0 radical (unpaired) electrons. The number of carbonyl (C=O) groups excluding carboxylic acids is 2. The van der Waals surface area contributed by atoms with Crippen LogP contribution in [0, 0.1) is 5.41 Å². The second-order valence-corrected chi connectivity index (χ2v) is 8.50. The van der Waals surface area contributed by atoms with E-state index in [2.05, 4.69) is 15.9 Å². The van der Waals surface area contributed by atoms with Crippen LogP contribution in [0.5, 0.6) is 5.75 Å². The number of nitrogens with zero attached hydrogens (tertiary/aromatic N) is 3. The normalized spacial score (nSPS) is 21.4. The maximum absolute atomic E-state index is 12.6. The molecule has 3 fully saturated rings. The number of benzene rings is 1. The zero-order valence-corrected chi connectivity index (χ0v) is 19.3. The third kappa shape index (κ3) is 5.21. The van der Waals surface area contributed by atoms with E-state index in [1.165, 1.54) is 4.90 Å². The van der Waals surface area contributed by atoms with Gasteiger partial charge in [-0.3, -0.25) is 19.4 Å². The van der Waals surface area contributed by atoms with E-state index in [9.17, 15) is 9.59 Å². The van der Waals surface area contributed by atoms with Crippen LogP contribution in [0.15, 0.2) is 24.3 Å². The maximum Gasteiger partial charge on any atom is 0.229 e. The van der Waals surface area contributed by atoms with Crippen LogP contribution < -0.4 is 9.64 Å². The molecule has 1 aromatic carbocycles. The highest BCUT2D eigenvalue weighted by Gasteiger charge is 2.44. The van der Waals surface area contributed by atoms with Gasteiger partial charge in [-0.25, -0.2) is 0 Å². The van der Waals surface area contributed by atoms with Crippen molar-refractivity contribution in [3.05, 3.63) is 24.3 Å². The first-order chi connectivity index (χ1) is 13.6. The number of hydrogen-bond acceptors (Lipinski definition) is 5. The molecule has 2 saturated heterocycles. The fraction of sp³-hybridized carbons (Fsp3) is 0.636. The Morgan fingerprint density at radius 1 is 0.900 bits per heavy atom. The SMILES string of the molecule is COc1ccccc1N1CCN(CCN2C(=O)CC3(CCCC3)CC2=O)CC1.Cl.Cl. The summed E-state index contributed by atoms with van der Waals surface area (Å²) in [6, 6.07) is 8.11. The Hall–Kier alpha value is -1.50. The molecule has 1 aromatic rings. The Morgan fingerprint density at radius 2 is 1.50 bits per heavy atom. The fourth-order valence-corrected chi connectivity index (χ4v) is 5.11. The molecule has 1 saturated carbocycles. The molecule has 1 aliphatic carbocycles. The number of amides is 2. The number of para-hydroxylation sites is 2. The number of anilines is 1. The van der Waals surface area contributed by atoms with Crippen LogP contribution >= 0.6 is 24.8 Å². The van der Waals surface area contributed by atoms with Crippen molar-refractivity contribution in [1.82, 2.24) is 9.80 Å². The summed E-state index contributed by atoms with van der Waals surface area (Å²) in [5.41, 5.74) is 1.12. The summed E-state index contributed by atoms with van der Waals surface area (Å²) in [5.74, 6) is 0.998. The van der Waals surface area contributed by atoms with Crippen molar-refractivity contribution in [2.45, 2.75) is 38.5 Å². The highest BCUT2D eigenvalue weighted by molar-refractivity contribution is 5.98. The van der Waals surface area contributed by atoms with Gasteiger partial charge in [-0.2, -0.15) is 0 Å². The van der Waals surface area contributed by atoms with Gasteiger partial charge in [0.1, 0.15) is 5.75 Å². The summed E-state index contributed by atoms with van der Waals surface area (Å²) in [7, 11) is 1.71. The van der Waals surface area contributed by atoms with Crippen molar-refractivity contribution in [1.29, 1.82) is 0 Å². The minimum absolute atomic E-state index is 0. The van der Waals surface area contributed by atoms with Crippen molar-refractivity contribution >= 4 is 42.3 Å². The smallest absolute Gasteiger partial charge is 0.229 e. The lowest BCUT2D eigenvalue weighted by molar-refractivity contribution is -0.153. The van der Waals surface area contributed by atoms with Gasteiger partial charge in [-0.15, -0.1) is 24.8 Å². The van der Waals surface area contributed by atoms with Crippen LogP contribution in [0.1, 0.15) is 38.5 Å². The lowest BCUT2D eigenvalue weighted by atomic mass is 9.76. The number of hydrogen-bond donors (Lipinski definition) is 0. The molecule has 0 N–H and O–H groups in total. The second-order valence-electron chi connectivity index (χ2n) is 8.50. The number of halogens is 2. The molecular formula is C22H33Cl2N3O3. The molecule has 30 heavy (non-hydrogen) atoms. The van der Waals surface area contributed by atoms with Gasteiger partial charge in [0.2, 0.25) is 11.8 Å². The summed E-state index contributed by atoms with van der Waals surface area (Å²) in [6.45, 7) is 5.00. The highest BCUT2D eigenvalue weighted by Crippen LogP contribution is 2.46. The third-order valence-corrected chi connectivity index (χ3v) is 6.76. The Kier molecular flexibility index (Phi) is 8.83. The standard InChI is InChI=1S/C22H31N3O3.2ClH/c1-28-19-7-3-2-6-18(19)24-13-10-23(11-14-24)12-15-25-20(26)16-22(17-21(25)27)8-4-5-9-22;;/h2-3,6-7H,4-5,8-17H2,1H3;2*1H. The number of piperidine rings is 1. The fourth-order valence-electron chi connectivity index (χ4n) is 5.11. The van der Waals surface area contributed by atoms with Gasteiger partial charge < -0.3 is 9.64 Å². The average Bonchev–Trinajstić information content (AvgIpc) is 3.15. The second kappa shape index (κ2) is 10.7. The first-order valence-corrected chi connectivity index (χ1v) is 10.5. The number of methoxy groups -OCH3 is 1. The van der Waals surface area contributed by atoms with Gasteiger partial charge in [0.15, 0.2) is 0 Å². The van der Waals surface area contributed by atoms with Gasteiger partial charge in [0.05, 0.1) is 12.8 Å². The van der Waals surface area contributed by atoms with Crippen molar-refractivity contribution in [3.8, 4) is 5.75 Å².